The second-order valence-corrected chi connectivity index (χ2v) is 4.47. The lowest BCUT2D eigenvalue weighted by Gasteiger charge is -2.16. The minimum atomic E-state index is -0.144. The molecule has 1 atom stereocenters. The number of aliphatic hydroxyl groups is 1. The largest absolute Gasteiger partial charge is 0.393 e. The molecule has 0 heterocycles. The van der Waals surface area contributed by atoms with Gasteiger partial charge in [0.1, 0.15) is 0 Å². The zero-order valence-corrected chi connectivity index (χ0v) is 8.92. The van der Waals surface area contributed by atoms with Crippen molar-refractivity contribution in [1.82, 2.24) is 0 Å². The third-order valence-electron chi connectivity index (χ3n) is 2.91. The maximum atomic E-state index is 9.61. The monoisotopic (exact) mass is 182 g/mol. The third-order valence-corrected chi connectivity index (χ3v) is 2.91. The molecule has 76 valence electrons. The van der Waals surface area contributed by atoms with Crippen LogP contribution in [0.25, 0.3) is 0 Å². The van der Waals surface area contributed by atoms with Crippen molar-refractivity contribution >= 4 is 0 Å². The summed E-state index contributed by atoms with van der Waals surface area (Å²) in [5, 5.41) is 9.61. The Labute approximate surface area is 81.9 Å². The first-order chi connectivity index (χ1) is 6.20. The molecule has 0 bridgehead atoms. The van der Waals surface area contributed by atoms with Gasteiger partial charge in [-0.25, -0.2) is 0 Å². The molecule has 1 unspecified atom stereocenters. The quantitative estimate of drug-likeness (QED) is 0.664. The van der Waals surface area contributed by atoms with E-state index in [-0.39, 0.29) is 6.10 Å². The summed E-state index contributed by atoms with van der Waals surface area (Å²) in [6.07, 6.45) is 9.61. The minimum Gasteiger partial charge on any atom is -0.393 e. The molecule has 1 heteroatoms. The fourth-order valence-corrected chi connectivity index (χ4v) is 1.77. The Morgan fingerprint density at radius 3 is 2.38 bits per heavy atom. The molecule has 0 saturated heterocycles. The van der Waals surface area contributed by atoms with Gasteiger partial charge in [0.05, 0.1) is 6.10 Å². The van der Waals surface area contributed by atoms with Crippen LogP contribution in [0.15, 0.2) is 11.6 Å². The van der Waals surface area contributed by atoms with E-state index < -0.39 is 0 Å². The van der Waals surface area contributed by atoms with Gasteiger partial charge in [-0.05, 0) is 38.0 Å². The molecule has 0 aliphatic heterocycles. The first-order valence-corrected chi connectivity index (χ1v) is 5.56. The molecule has 1 nitrogen and oxygen atoms in total. The van der Waals surface area contributed by atoms with Gasteiger partial charge < -0.3 is 5.11 Å². The van der Waals surface area contributed by atoms with Crippen molar-refractivity contribution in [2.75, 3.05) is 0 Å². The summed E-state index contributed by atoms with van der Waals surface area (Å²) >= 11 is 0. The molecule has 0 aromatic rings. The van der Waals surface area contributed by atoms with Gasteiger partial charge in [0.2, 0.25) is 0 Å². The summed E-state index contributed by atoms with van der Waals surface area (Å²) in [4.78, 5) is 0. The van der Waals surface area contributed by atoms with Gasteiger partial charge in [0.15, 0.2) is 0 Å². The van der Waals surface area contributed by atoms with Gasteiger partial charge >= 0.3 is 0 Å². The molecule has 13 heavy (non-hydrogen) atoms. The number of hydrogen-bond donors (Lipinski definition) is 1. The first-order valence-electron chi connectivity index (χ1n) is 5.56. The summed E-state index contributed by atoms with van der Waals surface area (Å²) in [5.74, 6) is 0.389. The van der Waals surface area contributed by atoms with Gasteiger partial charge in [-0.1, -0.05) is 31.9 Å². The highest BCUT2D eigenvalue weighted by molar-refractivity contribution is 5.04. The van der Waals surface area contributed by atoms with Gasteiger partial charge in [-0.3, -0.25) is 0 Å². The van der Waals surface area contributed by atoms with Crippen LogP contribution < -0.4 is 0 Å². The maximum absolute atomic E-state index is 9.61. The lowest BCUT2D eigenvalue weighted by Crippen LogP contribution is -2.13. The van der Waals surface area contributed by atoms with E-state index in [4.69, 9.17) is 0 Å². The fraction of sp³-hybridized carbons (Fsp3) is 0.833. The average molecular weight is 182 g/mol. The highest BCUT2D eigenvalue weighted by Crippen LogP contribution is 2.23. The number of aliphatic hydroxyl groups excluding tert-OH is 1. The number of hydrogen-bond acceptors (Lipinski definition) is 1. The topological polar surface area (TPSA) is 20.2 Å². The molecule has 1 saturated carbocycles. The molecule has 1 N–H and O–H groups in total. The van der Waals surface area contributed by atoms with E-state index in [1.165, 1.54) is 32.1 Å². The zero-order chi connectivity index (χ0) is 9.68. The fourth-order valence-electron chi connectivity index (χ4n) is 1.77. The number of rotatable bonds is 3. The van der Waals surface area contributed by atoms with Crippen LogP contribution in [0.1, 0.15) is 52.4 Å². The van der Waals surface area contributed by atoms with Crippen molar-refractivity contribution < 1.29 is 5.11 Å². The van der Waals surface area contributed by atoms with Crippen molar-refractivity contribution in [2.45, 2.75) is 58.5 Å². The summed E-state index contributed by atoms with van der Waals surface area (Å²) in [6, 6.07) is 0. The Balaban J connectivity index is 2.29. The first kappa shape index (κ1) is 10.8. The van der Waals surface area contributed by atoms with Gasteiger partial charge in [-0.15, -0.1) is 0 Å². The molecule has 0 aromatic heterocycles. The predicted molar refractivity (Wildman–Crippen MR) is 56.6 cm³/mol. The Hall–Kier alpha value is -0.300. The van der Waals surface area contributed by atoms with E-state index in [1.807, 2.05) is 0 Å². The van der Waals surface area contributed by atoms with Crippen molar-refractivity contribution in [2.24, 2.45) is 5.92 Å². The third kappa shape index (κ3) is 3.95. The maximum Gasteiger partial charge on any atom is 0.0597 e. The van der Waals surface area contributed by atoms with Gasteiger partial charge in [0, 0.05) is 0 Å². The van der Waals surface area contributed by atoms with E-state index in [1.54, 1.807) is 5.57 Å². The Kier molecular flexibility index (Phi) is 4.51. The Morgan fingerprint density at radius 2 is 1.85 bits per heavy atom. The second kappa shape index (κ2) is 5.43. The standard InChI is InChI=1S/C12H22O/c1-10(2)12(13)9-8-11-6-4-3-5-7-11/h8,10,12-13H,3-7,9H2,1-2H3. The van der Waals surface area contributed by atoms with E-state index in [0.717, 1.165) is 6.42 Å². The summed E-state index contributed by atoms with van der Waals surface area (Å²) in [7, 11) is 0. The normalized spacial score (nSPS) is 20.5. The lowest BCUT2D eigenvalue weighted by molar-refractivity contribution is 0.128. The average Bonchev–Trinajstić information content (AvgIpc) is 2.15. The molecule has 1 aliphatic rings. The van der Waals surface area contributed by atoms with E-state index in [9.17, 15) is 5.11 Å². The minimum absolute atomic E-state index is 0.144. The van der Waals surface area contributed by atoms with E-state index in [2.05, 4.69) is 19.9 Å². The van der Waals surface area contributed by atoms with E-state index in [0.29, 0.717) is 5.92 Å². The molecule has 1 rings (SSSR count). The SMILES string of the molecule is CC(C)C(O)CC=C1CCCCC1. The molecule has 1 fully saturated rings. The molecular weight excluding hydrogens is 160 g/mol. The van der Waals surface area contributed by atoms with Crippen LogP contribution in [0.4, 0.5) is 0 Å². The highest BCUT2D eigenvalue weighted by atomic mass is 16.3. The van der Waals surface area contributed by atoms with Crippen LogP contribution in [0.5, 0.6) is 0 Å². The molecular formula is C12H22O. The number of allylic oxidation sites excluding steroid dienone is 1. The van der Waals surface area contributed by atoms with Crippen LogP contribution in [-0.4, -0.2) is 11.2 Å². The van der Waals surface area contributed by atoms with Crippen LogP contribution in [0.2, 0.25) is 0 Å². The zero-order valence-electron chi connectivity index (χ0n) is 8.92. The van der Waals surface area contributed by atoms with Crippen LogP contribution in [-0.2, 0) is 0 Å². The van der Waals surface area contributed by atoms with Crippen LogP contribution >= 0.6 is 0 Å². The molecule has 0 amide bonds. The molecule has 0 radical (unpaired) electrons. The summed E-state index contributed by atoms with van der Waals surface area (Å²) < 4.78 is 0. The van der Waals surface area contributed by atoms with Crippen molar-refractivity contribution in [3.8, 4) is 0 Å². The van der Waals surface area contributed by atoms with Crippen LogP contribution in [0.3, 0.4) is 0 Å². The predicted octanol–water partition coefficient (Wildman–Crippen LogP) is 3.28. The molecule has 0 spiro atoms. The Morgan fingerprint density at radius 1 is 1.23 bits per heavy atom. The van der Waals surface area contributed by atoms with Crippen LogP contribution in [0, 0.1) is 5.92 Å². The molecule has 0 aromatic carbocycles. The smallest absolute Gasteiger partial charge is 0.0597 e. The van der Waals surface area contributed by atoms with E-state index >= 15 is 0 Å². The van der Waals surface area contributed by atoms with Crippen molar-refractivity contribution in [1.29, 1.82) is 0 Å². The Bertz CT molecular complexity index is 162. The lowest BCUT2D eigenvalue weighted by atomic mass is 9.93. The summed E-state index contributed by atoms with van der Waals surface area (Å²) in [5.41, 5.74) is 1.57. The van der Waals surface area contributed by atoms with Gasteiger partial charge in [-0.2, -0.15) is 0 Å². The second-order valence-electron chi connectivity index (χ2n) is 4.47. The highest BCUT2D eigenvalue weighted by Gasteiger charge is 2.09. The molecule has 1 aliphatic carbocycles. The summed E-state index contributed by atoms with van der Waals surface area (Å²) in [6.45, 7) is 4.15. The van der Waals surface area contributed by atoms with Crippen molar-refractivity contribution in [3.05, 3.63) is 11.6 Å². The van der Waals surface area contributed by atoms with Crippen molar-refractivity contribution in [3.63, 3.8) is 0 Å². The van der Waals surface area contributed by atoms with Gasteiger partial charge in [0.25, 0.3) is 0 Å².